The molecule has 4 heteroatoms. The fourth-order valence-corrected chi connectivity index (χ4v) is 1.20. The van der Waals surface area contributed by atoms with Crippen LogP contribution in [0.1, 0.15) is 15.9 Å². The normalized spacial score (nSPS) is 9.64. The number of benzene rings is 1. The van der Waals surface area contributed by atoms with E-state index in [0.29, 0.717) is 5.56 Å². The summed E-state index contributed by atoms with van der Waals surface area (Å²) in [6.45, 7) is 1.71. The van der Waals surface area contributed by atoms with Crippen LogP contribution in [0.5, 0.6) is 11.5 Å². The number of hydrogen-bond acceptors (Lipinski definition) is 4. The van der Waals surface area contributed by atoms with E-state index < -0.39 is 5.97 Å². The third-order valence-electron chi connectivity index (χ3n) is 1.96. The van der Waals surface area contributed by atoms with Gasteiger partial charge in [-0.2, -0.15) is 0 Å². The summed E-state index contributed by atoms with van der Waals surface area (Å²) in [6, 6.07) is 3.28. The van der Waals surface area contributed by atoms with Crippen molar-refractivity contribution < 1.29 is 19.4 Å². The largest absolute Gasteiger partial charge is 0.504 e. The minimum absolute atomic E-state index is 0.145. The van der Waals surface area contributed by atoms with Crippen LogP contribution in [-0.4, -0.2) is 25.3 Å². The maximum absolute atomic E-state index is 11.3. The van der Waals surface area contributed by atoms with Crippen molar-refractivity contribution in [3.05, 3.63) is 23.3 Å². The molecule has 1 aromatic rings. The van der Waals surface area contributed by atoms with Crippen molar-refractivity contribution in [2.24, 2.45) is 0 Å². The molecule has 14 heavy (non-hydrogen) atoms. The molecule has 1 N–H and O–H groups in total. The highest BCUT2D eigenvalue weighted by atomic mass is 16.5. The first kappa shape index (κ1) is 10.4. The lowest BCUT2D eigenvalue weighted by atomic mass is 10.1. The predicted octanol–water partition coefficient (Wildman–Crippen LogP) is 1.50. The number of aromatic hydroxyl groups is 1. The Morgan fingerprint density at radius 3 is 2.50 bits per heavy atom. The van der Waals surface area contributed by atoms with E-state index in [9.17, 15) is 9.90 Å². The van der Waals surface area contributed by atoms with Gasteiger partial charge in [0.15, 0.2) is 11.5 Å². The molecule has 76 valence electrons. The Hall–Kier alpha value is -1.71. The minimum atomic E-state index is -0.570. The lowest BCUT2D eigenvalue weighted by Crippen LogP contribution is -2.04. The van der Waals surface area contributed by atoms with Gasteiger partial charge in [-0.05, 0) is 18.6 Å². The van der Waals surface area contributed by atoms with Crippen molar-refractivity contribution in [3.8, 4) is 11.5 Å². The maximum Gasteiger partial charge on any atom is 0.342 e. The molecule has 0 bridgehead atoms. The standard InChI is InChI=1S/C10H12O4/c1-6-4-5-7(13-2)9(11)8(6)10(12)14-3/h4-5,11H,1-3H3. The van der Waals surface area contributed by atoms with Gasteiger partial charge in [0.25, 0.3) is 0 Å². The first-order valence-corrected chi connectivity index (χ1v) is 4.06. The predicted molar refractivity (Wildman–Crippen MR) is 50.7 cm³/mol. The number of esters is 1. The lowest BCUT2D eigenvalue weighted by molar-refractivity contribution is 0.0596. The van der Waals surface area contributed by atoms with Crippen molar-refractivity contribution in [1.29, 1.82) is 0 Å². The smallest absolute Gasteiger partial charge is 0.342 e. The second kappa shape index (κ2) is 4.00. The van der Waals surface area contributed by atoms with Crippen molar-refractivity contribution in [2.45, 2.75) is 6.92 Å². The van der Waals surface area contributed by atoms with E-state index >= 15 is 0 Å². The van der Waals surface area contributed by atoms with Crippen LogP contribution in [0.2, 0.25) is 0 Å². The Morgan fingerprint density at radius 2 is 2.00 bits per heavy atom. The molecule has 0 atom stereocenters. The molecule has 0 aliphatic carbocycles. The third kappa shape index (κ3) is 1.64. The van der Waals surface area contributed by atoms with Crippen LogP contribution < -0.4 is 4.74 Å². The highest BCUT2D eigenvalue weighted by Crippen LogP contribution is 2.32. The first-order chi connectivity index (χ1) is 6.61. The topological polar surface area (TPSA) is 55.8 Å². The Labute approximate surface area is 82.1 Å². The minimum Gasteiger partial charge on any atom is -0.504 e. The second-order valence-electron chi connectivity index (χ2n) is 2.80. The van der Waals surface area contributed by atoms with Gasteiger partial charge in [-0.25, -0.2) is 4.79 Å². The van der Waals surface area contributed by atoms with E-state index in [1.165, 1.54) is 14.2 Å². The molecule has 0 heterocycles. The van der Waals surface area contributed by atoms with Gasteiger partial charge in [0, 0.05) is 0 Å². The average molecular weight is 196 g/mol. The molecule has 0 aliphatic rings. The number of phenols is 1. The number of hydrogen-bond donors (Lipinski definition) is 1. The molecule has 1 aromatic carbocycles. The van der Waals surface area contributed by atoms with Crippen LogP contribution in [-0.2, 0) is 4.74 Å². The molecule has 0 radical (unpaired) electrons. The fourth-order valence-electron chi connectivity index (χ4n) is 1.20. The summed E-state index contributed by atoms with van der Waals surface area (Å²) in [5.74, 6) is -0.491. The number of phenolic OH excluding ortho intramolecular Hbond substituents is 1. The van der Waals surface area contributed by atoms with Gasteiger partial charge in [-0.1, -0.05) is 6.07 Å². The van der Waals surface area contributed by atoms with Crippen molar-refractivity contribution >= 4 is 5.97 Å². The molecule has 0 saturated carbocycles. The van der Waals surface area contributed by atoms with E-state index in [1.807, 2.05) is 0 Å². The van der Waals surface area contributed by atoms with Gasteiger partial charge in [0.05, 0.1) is 14.2 Å². The quantitative estimate of drug-likeness (QED) is 0.728. The van der Waals surface area contributed by atoms with Crippen molar-refractivity contribution in [2.75, 3.05) is 14.2 Å². The van der Waals surface area contributed by atoms with Gasteiger partial charge < -0.3 is 14.6 Å². The molecule has 0 spiro atoms. The fraction of sp³-hybridized carbons (Fsp3) is 0.300. The summed E-state index contributed by atoms with van der Waals surface area (Å²) in [7, 11) is 2.69. The average Bonchev–Trinajstić information content (AvgIpc) is 2.18. The molecule has 0 unspecified atom stereocenters. The maximum atomic E-state index is 11.3. The van der Waals surface area contributed by atoms with Crippen LogP contribution in [0.4, 0.5) is 0 Å². The van der Waals surface area contributed by atoms with Crippen LogP contribution in [0.15, 0.2) is 12.1 Å². The lowest BCUT2D eigenvalue weighted by Gasteiger charge is -2.09. The Morgan fingerprint density at radius 1 is 1.36 bits per heavy atom. The molecule has 0 saturated heterocycles. The molecule has 0 aromatic heterocycles. The molecule has 0 fully saturated rings. The Bertz CT molecular complexity index is 357. The summed E-state index contributed by atoms with van der Waals surface area (Å²) in [5.41, 5.74) is 0.794. The zero-order chi connectivity index (χ0) is 10.7. The van der Waals surface area contributed by atoms with Crippen LogP contribution in [0, 0.1) is 6.92 Å². The van der Waals surface area contributed by atoms with Gasteiger partial charge in [0.2, 0.25) is 0 Å². The molecule has 4 nitrogen and oxygen atoms in total. The van der Waals surface area contributed by atoms with E-state index in [1.54, 1.807) is 19.1 Å². The number of ether oxygens (including phenoxy) is 2. The Balaban J connectivity index is 3.32. The van der Waals surface area contributed by atoms with E-state index in [-0.39, 0.29) is 17.1 Å². The summed E-state index contributed by atoms with van der Waals surface area (Å²) < 4.78 is 9.42. The van der Waals surface area contributed by atoms with Crippen molar-refractivity contribution in [1.82, 2.24) is 0 Å². The zero-order valence-electron chi connectivity index (χ0n) is 8.33. The third-order valence-corrected chi connectivity index (χ3v) is 1.96. The van der Waals surface area contributed by atoms with E-state index in [4.69, 9.17) is 4.74 Å². The van der Waals surface area contributed by atoms with E-state index in [2.05, 4.69) is 4.74 Å². The molecular formula is C10H12O4. The van der Waals surface area contributed by atoms with Gasteiger partial charge in [-0.15, -0.1) is 0 Å². The van der Waals surface area contributed by atoms with Crippen LogP contribution in [0.3, 0.4) is 0 Å². The monoisotopic (exact) mass is 196 g/mol. The number of carbonyl (C=O) groups excluding carboxylic acids is 1. The van der Waals surface area contributed by atoms with Crippen LogP contribution >= 0.6 is 0 Å². The number of rotatable bonds is 2. The second-order valence-corrected chi connectivity index (χ2v) is 2.80. The zero-order valence-corrected chi connectivity index (χ0v) is 8.33. The van der Waals surface area contributed by atoms with Gasteiger partial charge in [0.1, 0.15) is 5.56 Å². The number of aryl methyl sites for hydroxylation is 1. The molecule has 0 aliphatic heterocycles. The van der Waals surface area contributed by atoms with Gasteiger partial charge >= 0.3 is 5.97 Å². The SMILES string of the molecule is COC(=O)c1c(C)ccc(OC)c1O. The molecular weight excluding hydrogens is 184 g/mol. The van der Waals surface area contributed by atoms with Crippen molar-refractivity contribution in [3.63, 3.8) is 0 Å². The number of methoxy groups -OCH3 is 2. The highest BCUT2D eigenvalue weighted by Gasteiger charge is 2.18. The van der Waals surface area contributed by atoms with E-state index in [0.717, 1.165) is 0 Å². The van der Waals surface area contributed by atoms with Gasteiger partial charge in [-0.3, -0.25) is 0 Å². The Kier molecular flexibility index (Phi) is 2.96. The molecule has 0 amide bonds. The summed E-state index contributed by atoms with van der Waals surface area (Å²) >= 11 is 0. The molecule has 1 rings (SSSR count). The number of carbonyl (C=O) groups is 1. The summed E-state index contributed by atoms with van der Waals surface area (Å²) in [5, 5.41) is 9.65. The van der Waals surface area contributed by atoms with Crippen LogP contribution in [0.25, 0.3) is 0 Å². The summed E-state index contributed by atoms with van der Waals surface area (Å²) in [4.78, 5) is 11.3. The summed E-state index contributed by atoms with van der Waals surface area (Å²) in [6.07, 6.45) is 0. The first-order valence-electron chi connectivity index (χ1n) is 4.06. The highest BCUT2D eigenvalue weighted by molar-refractivity contribution is 5.94.